The van der Waals surface area contributed by atoms with Gasteiger partial charge in [-0.1, -0.05) is 12.8 Å². The molecule has 0 aromatic carbocycles. The number of nitriles is 1. The van der Waals surface area contributed by atoms with Gasteiger partial charge >= 0.3 is 0 Å². The summed E-state index contributed by atoms with van der Waals surface area (Å²) in [6.07, 6.45) is 6.41. The second kappa shape index (κ2) is 5.78. The van der Waals surface area contributed by atoms with Crippen LogP contribution in [0.5, 0.6) is 0 Å². The van der Waals surface area contributed by atoms with Gasteiger partial charge in [0.25, 0.3) is 0 Å². The van der Waals surface area contributed by atoms with E-state index in [0.29, 0.717) is 30.1 Å². The summed E-state index contributed by atoms with van der Waals surface area (Å²) in [5.74, 6) is 1.12. The van der Waals surface area contributed by atoms with E-state index < -0.39 is 0 Å². The van der Waals surface area contributed by atoms with Gasteiger partial charge in [-0.05, 0) is 31.4 Å². The lowest BCUT2D eigenvalue weighted by Gasteiger charge is -2.37. The van der Waals surface area contributed by atoms with E-state index in [1.807, 2.05) is 13.1 Å². The second-order valence-electron chi connectivity index (χ2n) is 4.81. The van der Waals surface area contributed by atoms with Crippen molar-refractivity contribution in [2.75, 3.05) is 18.5 Å². The Bertz CT molecular complexity index is 439. The van der Waals surface area contributed by atoms with Gasteiger partial charge in [0.15, 0.2) is 0 Å². The average molecular weight is 245 g/mol. The highest BCUT2D eigenvalue weighted by Gasteiger charge is 2.28. The normalized spacial score (nSPS) is 23.4. The van der Waals surface area contributed by atoms with Crippen molar-refractivity contribution in [3.63, 3.8) is 0 Å². The predicted octanol–water partition coefficient (Wildman–Crippen LogP) is 1.30. The standard InChI is InChI=1S/C13H19N5/c1-18(12-5-3-2-4-10(12)8-14)13-16-7-6-11(9-15)17-13/h6-7,10,12H,2-5,8,14H2,1H3. The summed E-state index contributed by atoms with van der Waals surface area (Å²) in [5, 5.41) is 8.87. The zero-order valence-electron chi connectivity index (χ0n) is 10.7. The first-order chi connectivity index (χ1) is 8.76. The lowest BCUT2D eigenvalue weighted by atomic mass is 9.84. The maximum atomic E-state index is 8.87. The van der Waals surface area contributed by atoms with E-state index in [0.717, 1.165) is 6.42 Å². The number of anilines is 1. The van der Waals surface area contributed by atoms with Crippen molar-refractivity contribution in [3.05, 3.63) is 18.0 Å². The number of hydrogen-bond acceptors (Lipinski definition) is 5. The van der Waals surface area contributed by atoms with Gasteiger partial charge in [0, 0.05) is 19.3 Å². The van der Waals surface area contributed by atoms with Crippen LogP contribution < -0.4 is 10.6 Å². The van der Waals surface area contributed by atoms with Crippen LogP contribution in [-0.2, 0) is 0 Å². The molecule has 96 valence electrons. The lowest BCUT2D eigenvalue weighted by molar-refractivity contribution is 0.304. The molecule has 1 saturated carbocycles. The molecule has 1 aliphatic carbocycles. The molecule has 0 saturated heterocycles. The van der Waals surface area contributed by atoms with Crippen LogP contribution in [-0.4, -0.2) is 29.6 Å². The Balaban J connectivity index is 2.18. The third-order valence-electron chi connectivity index (χ3n) is 3.74. The van der Waals surface area contributed by atoms with Crippen molar-refractivity contribution >= 4 is 5.95 Å². The number of nitrogens with zero attached hydrogens (tertiary/aromatic N) is 4. The molecule has 0 radical (unpaired) electrons. The lowest BCUT2D eigenvalue weighted by Crippen LogP contribution is -2.44. The average Bonchev–Trinajstić information content (AvgIpc) is 2.46. The smallest absolute Gasteiger partial charge is 0.226 e. The van der Waals surface area contributed by atoms with E-state index in [2.05, 4.69) is 14.9 Å². The summed E-state index contributed by atoms with van der Waals surface area (Å²) in [7, 11) is 2.00. The molecule has 2 N–H and O–H groups in total. The Labute approximate surface area is 108 Å². The first-order valence-electron chi connectivity index (χ1n) is 6.42. The molecular weight excluding hydrogens is 226 g/mol. The molecule has 2 unspecified atom stereocenters. The fourth-order valence-electron chi connectivity index (χ4n) is 2.70. The predicted molar refractivity (Wildman–Crippen MR) is 70.0 cm³/mol. The summed E-state index contributed by atoms with van der Waals surface area (Å²) >= 11 is 0. The fourth-order valence-corrected chi connectivity index (χ4v) is 2.70. The summed E-state index contributed by atoms with van der Waals surface area (Å²) in [4.78, 5) is 10.6. The minimum atomic E-state index is 0.387. The monoisotopic (exact) mass is 245 g/mol. The van der Waals surface area contributed by atoms with Gasteiger partial charge in [0.05, 0.1) is 0 Å². The molecule has 0 amide bonds. The van der Waals surface area contributed by atoms with Gasteiger partial charge in [-0.15, -0.1) is 0 Å². The van der Waals surface area contributed by atoms with Crippen LogP contribution in [0.3, 0.4) is 0 Å². The van der Waals surface area contributed by atoms with Gasteiger partial charge in [-0.25, -0.2) is 9.97 Å². The molecule has 0 aliphatic heterocycles. The Hall–Kier alpha value is -1.67. The number of rotatable bonds is 3. The second-order valence-corrected chi connectivity index (χ2v) is 4.81. The van der Waals surface area contributed by atoms with Crippen LogP contribution in [0.25, 0.3) is 0 Å². The van der Waals surface area contributed by atoms with Gasteiger partial charge in [0.2, 0.25) is 5.95 Å². The van der Waals surface area contributed by atoms with E-state index in [1.165, 1.54) is 19.3 Å². The highest BCUT2D eigenvalue weighted by Crippen LogP contribution is 2.28. The van der Waals surface area contributed by atoms with Crippen molar-refractivity contribution in [2.24, 2.45) is 11.7 Å². The molecule has 1 aromatic heterocycles. The Kier molecular flexibility index (Phi) is 4.11. The maximum absolute atomic E-state index is 8.87. The van der Waals surface area contributed by atoms with Crippen molar-refractivity contribution in [3.8, 4) is 6.07 Å². The summed E-state index contributed by atoms with van der Waals surface area (Å²) in [5.41, 5.74) is 6.25. The molecule has 1 heterocycles. The zero-order valence-corrected chi connectivity index (χ0v) is 10.7. The quantitative estimate of drug-likeness (QED) is 0.868. The molecule has 2 rings (SSSR count). The highest BCUT2D eigenvalue weighted by atomic mass is 15.3. The van der Waals surface area contributed by atoms with Crippen molar-refractivity contribution in [2.45, 2.75) is 31.7 Å². The molecule has 18 heavy (non-hydrogen) atoms. The van der Waals surface area contributed by atoms with E-state index in [-0.39, 0.29) is 0 Å². The van der Waals surface area contributed by atoms with Gasteiger partial charge < -0.3 is 10.6 Å². The van der Waals surface area contributed by atoms with Crippen LogP contribution in [0.1, 0.15) is 31.4 Å². The zero-order chi connectivity index (χ0) is 13.0. The molecule has 5 heteroatoms. The molecule has 0 spiro atoms. The highest BCUT2D eigenvalue weighted by molar-refractivity contribution is 5.34. The van der Waals surface area contributed by atoms with Crippen molar-refractivity contribution in [1.29, 1.82) is 5.26 Å². The molecule has 1 fully saturated rings. The van der Waals surface area contributed by atoms with Crippen LogP contribution in [0.15, 0.2) is 12.3 Å². The minimum absolute atomic E-state index is 0.387. The molecule has 2 atom stereocenters. The van der Waals surface area contributed by atoms with Gasteiger partial charge in [-0.3, -0.25) is 0 Å². The summed E-state index contributed by atoms with van der Waals surface area (Å²) in [6.45, 7) is 0.701. The van der Waals surface area contributed by atoms with Crippen molar-refractivity contribution < 1.29 is 0 Å². The van der Waals surface area contributed by atoms with Crippen LogP contribution in [0.4, 0.5) is 5.95 Å². The van der Waals surface area contributed by atoms with Crippen LogP contribution >= 0.6 is 0 Å². The van der Waals surface area contributed by atoms with E-state index in [1.54, 1.807) is 12.3 Å². The number of hydrogen-bond donors (Lipinski definition) is 1. The minimum Gasteiger partial charge on any atom is -0.341 e. The van der Waals surface area contributed by atoms with Crippen LogP contribution in [0.2, 0.25) is 0 Å². The Morgan fingerprint density at radius 1 is 1.50 bits per heavy atom. The van der Waals surface area contributed by atoms with Gasteiger partial charge in [-0.2, -0.15) is 5.26 Å². The first kappa shape index (κ1) is 12.8. The largest absolute Gasteiger partial charge is 0.341 e. The van der Waals surface area contributed by atoms with Crippen LogP contribution in [0, 0.1) is 17.2 Å². The van der Waals surface area contributed by atoms with E-state index in [9.17, 15) is 0 Å². The third-order valence-corrected chi connectivity index (χ3v) is 3.74. The maximum Gasteiger partial charge on any atom is 0.226 e. The first-order valence-corrected chi connectivity index (χ1v) is 6.42. The third kappa shape index (κ3) is 2.59. The number of nitrogens with two attached hydrogens (primary N) is 1. The summed E-state index contributed by atoms with van der Waals surface area (Å²) in [6, 6.07) is 4.06. The topological polar surface area (TPSA) is 78.8 Å². The number of aromatic nitrogens is 2. The van der Waals surface area contributed by atoms with Gasteiger partial charge in [0.1, 0.15) is 11.8 Å². The molecule has 0 bridgehead atoms. The molecule has 1 aromatic rings. The Morgan fingerprint density at radius 2 is 2.28 bits per heavy atom. The Morgan fingerprint density at radius 3 is 3.00 bits per heavy atom. The van der Waals surface area contributed by atoms with E-state index in [4.69, 9.17) is 11.0 Å². The van der Waals surface area contributed by atoms with Crippen molar-refractivity contribution in [1.82, 2.24) is 9.97 Å². The fraction of sp³-hybridized carbons (Fsp3) is 0.615. The summed E-state index contributed by atoms with van der Waals surface area (Å²) < 4.78 is 0. The SMILES string of the molecule is CN(c1nccc(C#N)n1)C1CCCCC1CN. The molecule has 1 aliphatic rings. The molecule has 5 nitrogen and oxygen atoms in total. The van der Waals surface area contributed by atoms with E-state index >= 15 is 0 Å². The molecular formula is C13H19N5.